The highest BCUT2D eigenvalue weighted by molar-refractivity contribution is 7.99. The summed E-state index contributed by atoms with van der Waals surface area (Å²) < 4.78 is 119. The molecule has 0 saturated carbocycles. The van der Waals surface area contributed by atoms with Crippen molar-refractivity contribution in [2.24, 2.45) is 5.16 Å². The van der Waals surface area contributed by atoms with Crippen molar-refractivity contribution in [3.8, 4) is 0 Å². The van der Waals surface area contributed by atoms with E-state index in [1.165, 1.54) is 6.92 Å². The van der Waals surface area contributed by atoms with Gasteiger partial charge in [-0.2, -0.15) is 35.1 Å². The fourth-order valence-corrected chi connectivity index (χ4v) is 2.97. The lowest BCUT2D eigenvalue weighted by molar-refractivity contribution is -0.294. The van der Waals surface area contributed by atoms with Crippen LogP contribution in [-0.2, 0) is 4.74 Å². The summed E-state index contributed by atoms with van der Waals surface area (Å²) in [5, 5.41) is 11.9. The summed E-state index contributed by atoms with van der Waals surface area (Å²) in [4.78, 5) is 0.00813. The fourth-order valence-electron chi connectivity index (χ4n) is 2.17. The molecule has 0 aromatic heterocycles. The molecule has 15 heteroatoms. The Hall–Kier alpha value is -2.67. The Morgan fingerprint density at radius 2 is 1.81 bits per heavy atom. The minimum atomic E-state index is -5.88. The molecule has 5 nitrogen and oxygen atoms in total. The van der Waals surface area contributed by atoms with Crippen molar-refractivity contribution in [2.75, 3.05) is 17.4 Å². The second-order valence-electron chi connectivity index (χ2n) is 6.02. The molecular weight excluding hydrogens is 469 g/mol. The summed E-state index contributed by atoms with van der Waals surface area (Å²) in [6.07, 6.45) is -9.63. The first kappa shape index (κ1) is 24.6. The van der Waals surface area contributed by atoms with Gasteiger partial charge in [0.05, 0.1) is 11.6 Å². The molecular formula is C16H12F9N3O2S. The molecule has 1 aromatic rings. The molecule has 0 atom stereocenters. The molecule has 31 heavy (non-hydrogen) atoms. The number of hydrogen-bond donors (Lipinski definition) is 2. The maximum atomic E-state index is 14.4. The zero-order chi connectivity index (χ0) is 23.6. The summed E-state index contributed by atoms with van der Waals surface area (Å²) >= 11 is 0.346. The van der Waals surface area contributed by atoms with Gasteiger partial charge < -0.3 is 9.94 Å². The molecule has 1 aromatic carbocycles. The Morgan fingerprint density at radius 3 is 2.35 bits per heavy atom. The second kappa shape index (κ2) is 8.83. The first-order chi connectivity index (χ1) is 14.1. The van der Waals surface area contributed by atoms with E-state index >= 15 is 0 Å². The van der Waals surface area contributed by atoms with Gasteiger partial charge in [-0.25, -0.2) is 9.40 Å². The van der Waals surface area contributed by atoms with Gasteiger partial charge >= 0.3 is 18.3 Å². The van der Waals surface area contributed by atoms with Crippen molar-refractivity contribution >= 4 is 23.3 Å². The minimum absolute atomic E-state index is 0.00813. The molecule has 0 spiro atoms. The third-order valence-corrected chi connectivity index (χ3v) is 4.82. The molecule has 0 amide bonds. The van der Waals surface area contributed by atoms with Crippen molar-refractivity contribution in [3.05, 3.63) is 41.2 Å². The van der Waals surface area contributed by atoms with E-state index in [-0.39, 0.29) is 16.2 Å². The van der Waals surface area contributed by atoms with Crippen LogP contribution in [0.15, 0.2) is 39.8 Å². The second-order valence-corrected chi connectivity index (χ2v) is 7.03. The number of hydrazine groups is 1. The van der Waals surface area contributed by atoms with E-state index in [0.29, 0.717) is 16.8 Å². The van der Waals surface area contributed by atoms with Crippen LogP contribution in [0, 0.1) is 12.7 Å². The van der Waals surface area contributed by atoms with E-state index in [1.807, 2.05) is 5.87 Å². The van der Waals surface area contributed by atoms with Gasteiger partial charge in [0.25, 0.3) is 0 Å². The average molecular weight is 481 g/mol. The lowest BCUT2D eigenvalue weighted by Crippen LogP contribution is -2.41. The highest BCUT2D eigenvalue weighted by Gasteiger charge is 2.58. The minimum Gasteiger partial charge on any atom is -0.471 e. The van der Waals surface area contributed by atoms with Crippen molar-refractivity contribution in [1.82, 2.24) is 5.43 Å². The number of halogens is 9. The molecule has 2 N–H and O–H groups in total. The van der Waals surface area contributed by atoms with Crippen LogP contribution in [0.4, 0.5) is 45.2 Å². The standard InChI is InChI=1S/C16H12F9N3O2S/c1-8-2-10(17)11(4-12(8)31-7-15(20,21)22)28-9(5-26-29)3-13(27-28)30-6-14(18,19)16(23,24)25/h2-4,27,29H,6-7H2,1H3. The van der Waals surface area contributed by atoms with Crippen LogP contribution in [0.3, 0.4) is 0 Å². The molecule has 0 aliphatic carbocycles. The maximum Gasteiger partial charge on any atom is 0.456 e. The van der Waals surface area contributed by atoms with Crippen LogP contribution >= 0.6 is 11.8 Å². The number of rotatable bonds is 6. The predicted molar refractivity (Wildman–Crippen MR) is 91.3 cm³/mol. The molecule has 0 saturated heterocycles. The van der Waals surface area contributed by atoms with Gasteiger partial charge in [0.15, 0.2) is 6.61 Å². The molecule has 0 bridgehead atoms. The van der Waals surface area contributed by atoms with Crippen LogP contribution in [-0.4, -0.2) is 41.7 Å². The Balaban J connectivity index is 2.29. The molecule has 2 rings (SSSR count). The highest BCUT2D eigenvalue weighted by atomic mass is 32.2. The number of nitrogens with zero attached hydrogens (tertiary/aromatic N) is 2. The van der Waals surface area contributed by atoms with Gasteiger partial charge in [0.2, 0.25) is 5.88 Å². The number of alkyl halides is 8. The summed E-state index contributed by atoms with van der Waals surface area (Å²) in [5.74, 6) is -6.28. The van der Waals surface area contributed by atoms with Crippen molar-refractivity contribution in [2.45, 2.75) is 30.1 Å². The van der Waals surface area contributed by atoms with E-state index in [0.717, 1.165) is 18.2 Å². The normalized spacial score (nSPS) is 14.8. The largest absolute Gasteiger partial charge is 0.471 e. The first-order valence-electron chi connectivity index (χ1n) is 7.97. The van der Waals surface area contributed by atoms with Crippen LogP contribution < -0.4 is 10.4 Å². The van der Waals surface area contributed by atoms with Crippen molar-refractivity contribution in [1.29, 1.82) is 0 Å². The van der Waals surface area contributed by atoms with E-state index in [1.54, 1.807) is 0 Å². The van der Waals surface area contributed by atoms with Crippen LogP contribution in [0.1, 0.15) is 5.56 Å². The number of hydrogen-bond acceptors (Lipinski definition) is 6. The molecule has 0 fully saturated rings. The average Bonchev–Trinajstić information content (AvgIpc) is 3.01. The van der Waals surface area contributed by atoms with E-state index < -0.39 is 48.0 Å². The molecule has 0 radical (unpaired) electrons. The van der Waals surface area contributed by atoms with E-state index in [9.17, 15) is 39.5 Å². The van der Waals surface area contributed by atoms with Gasteiger partial charge in [-0.3, -0.25) is 5.43 Å². The van der Waals surface area contributed by atoms with Gasteiger partial charge in [0, 0.05) is 11.0 Å². The highest BCUT2D eigenvalue weighted by Crippen LogP contribution is 2.37. The lowest BCUT2D eigenvalue weighted by atomic mass is 10.2. The number of ether oxygens (including phenoxy) is 1. The van der Waals surface area contributed by atoms with Crippen LogP contribution in [0.2, 0.25) is 0 Å². The summed E-state index contributed by atoms with van der Waals surface area (Å²) in [6, 6.07) is 1.87. The topological polar surface area (TPSA) is 57.1 Å². The number of thioether (sulfide) groups is 1. The Kier molecular flexibility index (Phi) is 7.00. The fraction of sp³-hybridized carbons (Fsp3) is 0.375. The summed E-state index contributed by atoms with van der Waals surface area (Å²) in [6.45, 7) is -0.767. The molecule has 1 heterocycles. The van der Waals surface area contributed by atoms with Gasteiger partial charge in [-0.15, -0.1) is 11.8 Å². The van der Waals surface area contributed by atoms with Crippen molar-refractivity contribution < 1.29 is 49.5 Å². The SMILES string of the molecule is Cc1cc(F)c(N2NC(OCC(F)(F)C(F)(F)F)=CC2=C=NO)cc1SCC(F)(F)F. The van der Waals surface area contributed by atoms with Crippen LogP contribution in [0.25, 0.3) is 0 Å². The maximum absolute atomic E-state index is 14.4. The van der Waals surface area contributed by atoms with E-state index in [4.69, 9.17) is 5.21 Å². The predicted octanol–water partition coefficient (Wildman–Crippen LogP) is 5.11. The quantitative estimate of drug-likeness (QED) is 0.195. The van der Waals surface area contributed by atoms with Gasteiger partial charge in [-0.1, -0.05) is 0 Å². The Morgan fingerprint density at radius 1 is 1.16 bits per heavy atom. The monoisotopic (exact) mass is 481 g/mol. The number of allylic oxidation sites excluding steroid dienone is 1. The smallest absolute Gasteiger partial charge is 0.456 e. The van der Waals surface area contributed by atoms with E-state index in [2.05, 4.69) is 15.3 Å². The number of aryl methyl sites for hydroxylation is 1. The first-order valence-corrected chi connectivity index (χ1v) is 8.96. The third-order valence-electron chi connectivity index (χ3n) is 3.60. The molecule has 172 valence electrons. The summed E-state index contributed by atoms with van der Waals surface area (Å²) in [5.41, 5.74) is 1.47. The molecule has 1 aliphatic rings. The third kappa shape index (κ3) is 6.17. The Labute approximate surface area is 172 Å². The van der Waals surface area contributed by atoms with Gasteiger partial charge in [0.1, 0.15) is 17.2 Å². The number of benzene rings is 1. The van der Waals surface area contributed by atoms with Crippen LogP contribution in [0.5, 0.6) is 0 Å². The number of nitrogens with one attached hydrogen (secondary N) is 1. The molecule has 1 aliphatic heterocycles. The summed E-state index contributed by atoms with van der Waals surface area (Å²) in [7, 11) is 0. The Bertz CT molecular complexity index is 922. The zero-order valence-electron chi connectivity index (χ0n) is 15.2. The van der Waals surface area contributed by atoms with Gasteiger partial charge in [-0.05, 0) is 29.8 Å². The lowest BCUT2D eigenvalue weighted by Gasteiger charge is -2.23. The van der Waals surface area contributed by atoms with Crippen molar-refractivity contribution in [3.63, 3.8) is 0 Å². The zero-order valence-corrected chi connectivity index (χ0v) is 16.0. The molecule has 0 unspecified atom stereocenters. The number of anilines is 1.